The van der Waals surface area contributed by atoms with Crippen molar-refractivity contribution in [2.75, 3.05) is 11.4 Å². The highest BCUT2D eigenvalue weighted by Crippen LogP contribution is 2.16. The fourth-order valence-corrected chi connectivity index (χ4v) is 1.56. The molecule has 96 valence electrons. The number of carboxylic acids is 1. The smallest absolute Gasteiger partial charge is 0.305 e. The van der Waals surface area contributed by atoms with Gasteiger partial charge in [-0.15, -0.1) is 6.58 Å². The molecule has 0 aliphatic heterocycles. The third kappa shape index (κ3) is 4.05. The molecule has 0 saturated carbocycles. The molecule has 1 aromatic rings. The SMILES string of the molecule is C=CCC(=O)N(CCC(=O)O)c1ccc(C)cc1. The van der Waals surface area contributed by atoms with Gasteiger partial charge < -0.3 is 10.0 Å². The minimum Gasteiger partial charge on any atom is -0.481 e. The molecule has 1 N–H and O–H groups in total. The van der Waals surface area contributed by atoms with Crippen molar-refractivity contribution in [3.05, 3.63) is 42.5 Å². The Balaban J connectivity index is 2.88. The van der Waals surface area contributed by atoms with Crippen molar-refractivity contribution in [2.24, 2.45) is 0 Å². The first-order valence-corrected chi connectivity index (χ1v) is 5.74. The Morgan fingerprint density at radius 1 is 1.33 bits per heavy atom. The summed E-state index contributed by atoms with van der Waals surface area (Å²) in [4.78, 5) is 24.0. The Labute approximate surface area is 107 Å². The maximum Gasteiger partial charge on any atom is 0.305 e. The highest BCUT2D eigenvalue weighted by molar-refractivity contribution is 5.94. The molecule has 0 heterocycles. The molecule has 0 aromatic heterocycles. The van der Waals surface area contributed by atoms with E-state index in [1.165, 1.54) is 11.0 Å². The third-order valence-corrected chi connectivity index (χ3v) is 2.51. The molecule has 0 bridgehead atoms. The predicted octanol–water partition coefficient (Wildman–Crippen LogP) is 2.38. The number of carboxylic acid groups (broad SMARTS) is 1. The van der Waals surface area contributed by atoms with Crippen LogP contribution >= 0.6 is 0 Å². The molecule has 0 saturated heterocycles. The predicted molar refractivity (Wildman–Crippen MR) is 70.6 cm³/mol. The molecule has 1 aromatic carbocycles. The van der Waals surface area contributed by atoms with E-state index in [4.69, 9.17) is 5.11 Å². The monoisotopic (exact) mass is 247 g/mol. The number of benzene rings is 1. The number of rotatable bonds is 6. The van der Waals surface area contributed by atoms with Gasteiger partial charge in [0.15, 0.2) is 0 Å². The molecule has 0 spiro atoms. The highest BCUT2D eigenvalue weighted by Gasteiger charge is 2.15. The van der Waals surface area contributed by atoms with E-state index in [0.717, 1.165) is 5.56 Å². The molecule has 0 fully saturated rings. The van der Waals surface area contributed by atoms with E-state index in [1.807, 2.05) is 31.2 Å². The van der Waals surface area contributed by atoms with E-state index in [-0.39, 0.29) is 25.3 Å². The number of hydrogen-bond acceptors (Lipinski definition) is 2. The number of anilines is 1. The van der Waals surface area contributed by atoms with Gasteiger partial charge in [0.2, 0.25) is 5.91 Å². The topological polar surface area (TPSA) is 57.6 Å². The molecular formula is C14H17NO3. The summed E-state index contributed by atoms with van der Waals surface area (Å²) in [6.45, 7) is 5.65. The van der Waals surface area contributed by atoms with E-state index in [1.54, 1.807) is 0 Å². The summed E-state index contributed by atoms with van der Waals surface area (Å²) in [6.07, 6.45) is 1.65. The van der Waals surface area contributed by atoms with Gasteiger partial charge in [-0.3, -0.25) is 9.59 Å². The molecule has 18 heavy (non-hydrogen) atoms. The second-order valence-electron chi connectivity index (χ2n) is 4.02. The average Bonchev–Trinajstić information content (AvgIpc) is 2.31. The van der Waals surface area contributed by atoms with E-state index >= 15 is 0 Å². The molecule has 0 radical (unpaired) electrons. The number of aryl methyl sites for hydroxylation is 1. The van der Waals surface area contributed by atoms with Crippen LogP contribution in [0.3, 0.4) is 0 Å². The van der Waals surface area contributed by atoms with Crippen LogP contribution < -0.4 is 4.90 Å². The molecule has 4 nitrogen and oxygen atoms in total. The van der Waals surface area contributed by atoms with Crippen LogP contribution in [0.1, 0.15) is 18.4 Å². The van der Waals surface area contributed by atoms with Gasteiger partial charge in [-0.25, -0.2) is 0 Å². The standard InChI is InChI=1S/C14H17NO3/c1-3-4-13(16)15(10-9-14(17)18)12-7-5-11(2)6-8-12/h3,5-8H,1,4,9-10H2,2H3,(H,17,18). The molecule has 0 unspecified atom stereocenters. The van der Waals surface area contributed by atoms with Crippen molar-refractivity contribution in [2.45, 2.75) is 19.8 Å². The third-order valence-electron chi connectivity index (χ3n) is 2.51. The van der Waals surface area contributed by atoms with Crippen molar-refractivity contribution < 1.29 is 14.7 Å². The second kappa shape index (κ2) is 6.59. The number of carbonyl (C=O) groups excluding carboxylic acids is 1. The fraction of sp³-hybridized carbons (Fsp3) is 0.286. The minimum atomic E-state index is -0.918. The van der Waals surface area contributed by atoms with Crippen LogP contribution in [0.2, 0.25) is 0 Å². The summed E-state index contributed by atoms with van der Waals surface area (Å²) in [6, 6.07) is 7.42. The summed E-state index contributed by atoms with van der Waals surface area (Å²) in [5.41, 5.74) is 1.81. The van der Waals surface area contributed by atoms with E-state index in [0.29, 0.717) is 5.69 Å². The second-order valence-corrected chi connectivity index (χ2v) is 4.02. The van der Waals surface area contributed by atoms with Gasteiger partial charge in [-0.1, -0.05) is 23.8 Å². The van der Waals surface area contributed by atoms with Gasteiger partial charge in [-0.2, -0.15) is 0 Å². The van der Waals surface area contributed by atoms with Crippen molar-refractivity contribution in [1.29, 1.82) is 0 Å². The molecule has 1 rings (SSSR count). The lowest BCUT2D eigenvalue weighted by Gasteiger charge is -2.21. The average molecular weight is 247 g/mol. The van der Waals surface area contributed by atoms with Crippen LogP contribution in [-0.2, 0) is 9.59 Å². The zero-order valence-corrected chi connectivity index (χ0v) is 10.4. The lowest BCUT2D eigenvalue weighted by atomic mass is 10.2. The summed E-state index contributed by atoms with van der Waals surface area (Å²) in [7, 11) is 0. The van der Waals surface area contributed by atoms with E-state index in [2.05, 4.69) is 6.58 Å². The molecular weight excluding hydrogens is 230 g/mol. The van der Waals surface area contributed by atoms with Gasteiger partial charge in [0.05, 0.1) is 6.42 Å². The number of aliphatic carboxylic acids is 1. The van der Waals surface area contributed by atoms with Crippen molar-refractivity contribution >= 4 is 17.6 Å². The van der Waals surface area contributed by atoms with Crippen LogP contribution in [0, 0.1) is 6.92 Å². The number of nitrogens with zero attached hydrogens (tertiary/aromatic N) is 1. The lowest BCUT2D eigenvalue weighted by molar-refractivity contribution is -0.136. The van der Waals surface area contributed by atoms with Crippen LogP contribution in [-0.4, -0.2) is 23.5 Å². The van der Waals surface area contributed by atoms with Gasteiger partial charge >= 0.3 is 5.97 Å². The largest absolute Gasteiger partial charge is 0.481 e. The van der Waals surface area contributed by atoms with Crippen LogP contribution in [0.4, 0.5) is 5.69 Å². The Bertz CT molecular complexity index is 437. The summed E-state index contributed by atoms with van der Waals surface area (Å²) in [5.74, 6) is -1.06. The van der Waals surface area contributed by atoms with Crippen LogP contribution in [0.5, 0.6) is 0 Å². The number of hydrogen-bond donors (Lipinski definition) is 1. The van der Waals surface area contributed by atoms with Crippen molar-refractivity contribution in [3.8, 4) is 0 Å². The molecule has 0 atom stereocenters. The maximum atomic E-state index is 11.9. The van der Waals surface area contributed by atoms with Gasteiger partial charge in [0, 0.05) is 18.7 Å². The fourth-order valence-electron chi connectivity index (χ4n) is 1.56. The van der Waals surface area contributed by atoms with Crippen LogP contribution in [0.15, 0.2) is 36.9 Å². The minimum absolute atomic E-state index is 0.0727. The van der Waals surface area contributed by atoms with Gasteiger partial charge in [-0.05, 0) is 19.1 Å². The Kier molecular flexibility index (Phi) is 5.11. The van der Waals surface area contributed by atoms with E-state index < -0.39 is 5.97 Å². The number of amides is 1. The van der Waals surface area contributed by atoms with Gasteiger partial charge in [0.1, 0.15) is 0 Å². The van der Waals surface area contributed by atoms with Gasteiger partial charge in [0.25, 0.3) is 0 Å². The summed E-state index contributed by atoms with van der Waals surface area (Å²) < 4.78 is 0. The first kappa shape index (κ1) is 14.0. The first-order chi connectivity index (χ1) is 8.54. The summed E-state index contributed by atoms with van der Waals surface area (Å²) in [5, 5.41) is 8.71. The zero-order valence-electron chi connectivity index (χ0n) is 10.4. The summed E-state index contributed by atoms with van der Waals surface area (Å²) >= 11 is 0. The quantitative estimate of drug-likeness (QED) is 0.785. The van der Waals surface area contributed by atoms with E-state index in [9.17, 15) is 9.59 Å². The zero-order chi connectivity index (χ0) is 13.5. The normalized spacial score (nSPS) is 9.83. The van der Waals surface area contributed by atoms with Crippen LogP contribution in [0.25, 0.3) is 0 Å². The Morgan fingerprint density at radius 2 is 1.94 bits per heavy atom. The van der Waals surface area contributed by atoms with Crippen molar-refractivity contribution in [1.82, 2.24) is 0 Å². The maximum absolute atomic E-state index is 11.9. The Hall–Kier alpha value is -2.10. The molecule has 0 aliphatic carbocycles. The van der Waals surface area contributed by atoms with Crippen molar-refractivity contribution in [3.63, 3.8) is 0 Å². The first-order valence-electron chi connectivity index (χ1n) is 5.74. The highest BCUT2D eigenvalue weighted by atomic mass is 16.4. The molecule has 1 amide bonds. The molecule has 0 aliphatic rings. The lowest BCUT2D eigenvalue weighted by Crippen LogP contribution is -2.32. The Morgan fingerprint density at radius 3 is 2.44 bits per heavy atom. The molecule has 4 heteroatoms. The number of carbonyl (C=O) groups is 2.